The molecule has 1 rings (SSSR count). The number of likely N-dealkylation sites (N-methyl/N-ethyl adjacent to an activating group) is 2. The summed E-state index contributed by atoms with van der Waals surface area (Å²) in [6.07, 6.45) is 0. The van der Waals surface area contributed by atoms with E-state index in [0.717, 1.165) is 9.87 Å². The quantitative estimate of drug-likeness (QED) is 0.777. The number of amides is 1. The largest absolute Gasteiger partial charge is 0.355 e. The lowest BCUT2D eigenvalue weighted by Crippen LogP contribution is -2.38. The van der Waals surface area contributed by atoms with E-state index in [1.165, 1.54) is 13.1 Å². The second-order valence-electron chi connectivity index (χ2n) is 4.80. The second kappa shape index (κ2) is 7.53. The van der Waals surface area contributed by atoms with Crippen molar-refractivity contribution in [3.8, 4) is 0 Å². The van der Waals surface area contributed by atoms with Gasteiger partial charge in [-0.25, -0.2) is 8.42 Å². The van der Waals surface area contributed by atoms with Crippen LogP contribution in [0.4, 0.5) is 0 Å². The van der Waals surface area contributed by atoms with Gasteiger partial charge in [-0.1, -0.05) is 12.1 Å². The van der Waals surface area contributed by atoms with Crippen LogP contribution in [0, 0.1) is 0 Å². The molecule has 118 valence electrons. The molecule has 1 unspecified atom stereocenters. The molecule has 0 bridgehead atoms. The van der Waals surface area contributed by atoms with Gasteiger partial charge in [-0.3, -0.25) is 4.79 Å². The fourth-order valence-electron chi connectivity index (χ4n) is 1.83. The molecule has 21 heavy (non-hydrogen) atoms. The summed E-state index contributed by atoms with van der Waals surface area (Å²) in [6, 6.07) is 6.79. The van der Waals surface area contributed by atoms with Gasteiger partial charge in [0, 0.05) is 19.6 Å². The summed E-state index contributed by atoms with van der Waals surface area (Å²) in [5, 5.41) is 5.65. The summed E-state index contributed by atoms with van der Waals surface area (Å²) in [5.41, 5.74) is 0.880. The third-order valence-electron chi connectivity index (χ3n) is 3.24. The SMILES string of the molecule is CCNC(=O)CN(C)S(=O)(=O)c1cccc(C(C)NC)c1. The molecular formula is C14H23N3O3S. The Morgan fingerprint density at radius 2 is 2.05 bits per heavy atom. The standard InChI is InChI=1S/C14H23N3O3S/c1-5-16-14(18)10-17(4)21(19,20)13-8-6-7-12(9-13)11(2)15-3/h6-9,11,15H,5,10H2,1-4H3,(H,16,18). The zero-order valence-electron chi connectivity index (χ0n) is 12.9. The van der Waals surface area contributed by atoms with Gasteiger partial charge < -0.3 is 10.6 Å². The van der Waals surface area contributed by atoms with Crippen LogP contribution in [0.1, 0.15) is 25.5 Å². The van der Waals surface area contributed by atoms with Crippen molar-refractivity contribution in [1.29, 1.82) is 0 Å². The van der Waals surface area contributed by atoms with E-state index in [9.17, 15) is 13.2 Å². The zero-order valence-corrected chi connectivity index (χ0v) is 13.7. The summed E-state index contributed by atoms with van der Waals surface area (Å²) in [6.45, 7) is 4.02. The van der Waals surface area contributed by atoms with Gasteiger partial charge in [0.1, 0.15) is 0 Å². The Kier molecular flexibility index (Phi) is 6.32. The summed E-state index contributed by atoms with van der Waals surface area (Å²) in [4.78, 5) is 11.7. The molecule has 0 saturated heterocycles. The number of hydrogen-bond donors (Lipinski definition) is 2. The topological polar surface area (TPSA) is 78.5 Å². The van der Waals surface area contributed by atoms with E-state index in [2.05, 4.69) is 10.6 Å². The van der Waals surface area contributed by atoms with E-state index in [1.807, 2.05) is 20.0 Å². The van der Waals surface area contributed by atoms with Crippen molar-refractivity contribution >= 4 is 15.9 Å². The first-order chi connectivity index (χ1) is 9.82. The van der Waals surface area contributed by atoms with Gasteiger partial charge in [0.15, 0.2) is 0 Å². The lowest BCUT2D eigenvalue weighted by molar-refractivity contribution is -0.121. The molecule has 0 aliphatic rings. The zero-order chi connectivity index (χ0) is 16.0. The average molecular weight is 313 g/mol. The molecule has 1 amide bonds. The third-order valence-corrected chi connectivity index (χ3v) is 5.04. The van der Waals surface area contributed by atoms with Crippen molar-refractivity contribution in [2.24, 2.45) is 0 Å². The van der Waals surface area contributed by atoms with Gasteiger partial charge >= 0.3 is 0 Å². The van der Waals surface area contributed by atoms with Crippen LogP contribution < -0.4 is 10.6 Å². The van der Waals surface area contributed by atoms with E-state index in [1.54, 1.807) is 19.1 Å². The molecule has 0 aliphatic carbocycles. The summed E-state index contributed by atoms with van der Waals surface area (Å²) < 4.78 is 26.0. The minimum absolute atomic E-state index is 0.0499. The van der Waals surface area contributed by atoms with Crippen molar-refractivity contribution < 1.29 is 13.2 Å². The molecule has 0 aromatic heterocycles. The number of hydrogen-bond acceptors (Lipinski definition) is 4. The van der Waals surface area contributed by atoms with E-state index in [4.69, 9.17) is 0 Å². The van der Waals surface area contributed by atoms with Crippen LogP contribution in [0.2, 0.25) is 0 Å². The highest BCUT2D eigenvalue weighted by Crippen LogP contribution is 2.19. The molecule has 2 N–H and O–H groups in total. The predicted molar refractivity (Wildman–Crippen MR) is 82.4 cm³/mol. The molecular weight excluding hydrogens is 290 g/mol. The minimum Gasteiger partial charge on any atom is -0.355 e. The van der Waals surface area contributed by atoms with E-state index < -0.39 is 10.0 Å². The van der Waals surface area contributed by atoms with Gasteiger partial charge in [-0.2, -0.15) is 4.31 Å². The predicted octanol–water partition coefficient (Wildman–Crippen LogP) is 0.724. The normalized spacial score (nSPS) is 13.2. The molecule has 1 atom stereocenters. The maximum atomic E-state index is 12.5. The Bertz CT molecular complexity index is 587. The average Bonchev–Trinajstić information content (AvgIpc) is 2.46. The Morgan fingerprint density at radius 3 is 2.62 bits per heavy atom. The maximum Gasteiger partial charge on any atom is 0.243 e. The van der Waals surface area contributed by atoms with Crippen LogP contribution >= 0.6 is 0 Å². The van der Waals surface area contributed by atoms with E-state index in [0.29, 0.717) is 6.54 Å². The summed E-state index contributed by atoms with van der Waals surface area (Å²) in [7, 11) is -0.458. The van der Waals surface area contributed by atoms with Crippen LogP contribution in [0.3, 0.4) is 0 Å². The number of nitrogens with zero attached hydrogens (tertiary/aromatic N) is 1. The monoisotopic (exact) mass is 313 g/mol. The molecule has 0 fully saturated rings. The molecule has 0 spiro atoms. The van der Waals surface area contributed by atoms with Crippen LogP contribution in [-0.4, -0.2) is 45.8 Å². The Balaban J connectivity index is 2.99. The highest BCUT2D eigenvalue weighted by Gasteiger charge is 2.23. The van der Waals surface area contributed by atoms with Crippen molar-refractivity contribution in [3.05, 3.63) is 29.8 Å². The number of sulfonamides is 1. The molecule has 0 radical (unpaired) electrons. The smallest absolute Gasteiger partial charge is 0.243 e. The lowest BCUT2D eigenvalue weighted by Gasteiger charge is -2.18. The van der Waals surface area contributed by atoms with Crippen LogP contribution in [-0.2, 0) is 14.8 Å². The lowest BCUT2D eigenvalue weighted by atomic mass is 10.1. The highest BCUT2D eigenvalue weighted by molar-refractivity contribution is 7.89. The van der Waals surface area contributed by atoms with Gasteiger partial charge in [0.25, 0.3) is 0 Å². The Hall–Kier alpha value is -1.44. The first-order valence-electron chi connectivity index (χ1n) is 6.83. The van der Waals surface area contributed by atoms with Crippen molar-refractivity contribution in [1.82, 2.24) is 14.9 Å². The summed E-state index contributed by atoms with van der Waals surface area (Å²) >= 11 is 0. The van der Waals surface area contributed by atoms with Crippen LogP contribution in [0.5, 0.6) is 0 Å². The fourth-order valence-corrected chi connectivity index (χ4v) is 3.01. The van der Waals surface area contributed by atoms with Crippen molar-refractivity contribution in [2.75, 3.05) is 27.2 Å². The molecule has 1 aromatic rings. The van der Waals surface area contributed by atoms with Gasteiger partial charge in [-0.15, -0.1) is 0 Å². The highest BCUT2D eigenvalue weighted by atomic mass is 32.2. The molecule has 6 nitrogen and oxygen atoms in total. The summed E-state index contributed by atoms with van der Waals surface area (Å²) in [5.74, 6) is -0.316. The molecule has 0 aliphatic heterocycles. The number of nitrogens with one attached hydrogen (secondary N) is 2. The Labute approximate surface area is 126 Å². The maximum absolute atomic E-state index is 12.5. The molecule has 7 heteroatoms. The van der Waals surface area contributed by atoms with Crippen LogP contribution in [0.25, 0.3) is 0 Å². The first-order valence-corrected chi connectivity index (χ1v) is 8.27. The minimum atomic E-state index is -3.67. The van der Waals surface area contributed by atoms with Crippen LogP contribution in [0.15, 0.2) is 29.2 Å². The Morgan fingerprint density at radius 1 is 1.38 bits per heavy atom. The first kappa shape index (κ1) is 17.6. The molecule has 0 heterocycles. The van der Waals surface area contributed by atoms with Gasteiger partial charge in [0.05, 0.1) is 11.4 Å². The third kappa shape index (κ3) is 4.52. The van der Waals surface area contributed by atoms with E-state index in [-0.39, 0.29) is 23.4 Å². The fraction of sp³-hybridized carbons (Fsp3) is 0.500. The number of carbonyl (C=O) groups excluding carboxylic acids is 1. The second-order valence-corrected chi connectivity index (χ2v) is 6.84. The molecule has 0 saturated carbocycles. The van der Waals surface area contributed by atoms with Crippen molar-refractivity contribution in [3.63, 3.8) is 0 Å². The van der Waals surface area contributed by atoms with Gasteiger partial charge in [0.2, 0.25) is 15.9 Å². The van der Waals surface area contributed by atoms with E-state index >= 15 is 0 Å². The van der Waals surface area contributed by atoms with Crippen molar-refractivity contribution in [2.45, 2.75) is 24.8 Å². The van der Waals surface area contributed by atoms with Gasteiger partial charge in [-0.05, 0) is 38.6 Å². The number of carbonyl (C=O) groups is 1. The molecule has 1 aromatic carbocycles. The number of rotatable bonds is 7. The number of benzene rings is 1.